The number of aromatic nitrogens is 1. The lowest BCUT2D eigenvalue weighted by atomic mass is 9.96. The molecule has 6 nitrogen and oxygen atoms in total. The van der Waals surface area contributed by atoms with Crippen molar-refractivity contribution >= 4 is 16.9 Å². The number of hydrogen-bond donors (Lipinski definition) is 0. The summed E-state index contributed by atoms with van der Waals surface area (Å²) in [6.07, 6.45) is 3.42. The van der Waals surface area contributed by atoms with Crippen LogP contribution < -0.4 is 10.2 Å². The molecule has 3 heterocycles. The minimum atomic E-state index is -0.565. The van der Waals surface area contributed by atoms with Crippen molar-refractivity contribution in [2.75, 3.05) is 6.61 Å². The van der Waals surface area contributed by atoms with Gasteiger partial charge in [-0.3, -0.25) is 14.6 Å². The molecule has 33 heavy (non-hydrogen) atoms. The zero-order valence-corrected chi connectivity index (χ0v) is 18.8. The minimum Gasteiger partial charge on any atom is -0.494 e. The van der Waals surface area contributed by atoms with Crippen LogP contribution in [0.15, 0.2) is 70.1 Å². The quantitative estimate of drug-likeness (QED) is 0.439. The molecule has 1 unspecified atom stereocenters. The molecule has 5 rings (SSSR count). The highest BCUT2D eigenvalue weighted by molar-refractivity contribution is 5.99. The van der Waals surface area contributed by atoms with Crippen molar-refractivity contribution in [2.45, 2.75) is 33.4 Å². The van der Waals surface area contributed by atoms with E-state index in [9.17, 15) is 9.59 Å². The molecule has 1 atom stereocenters. The van der Waals surface area contributed by atoms with Crippen LogP contribution >= 0.6 is 0 Å². The summed E-state index contributed by atoms with van der Waals surface area (Å²) in [7, 11) is 0. The fraction of sp³-hybridized carbons (Fsp3) is 0.222. The van der Waals surface area contributed by atoms with Gasteiger partial charge in [-0.1, -0.05) is 24.3 Å². The lowest BCUT2D eigenvalue weighted by Gasteiger charge is -2.25. The molecule has 0 saturated heterocycles. The van der Waals surface area contributed by atoms with Crippen molar-refractivity contribution in [3.05, 3.63) is 105 Å². The van der Waals surface area contributed by atoms with Gasteiger partial charge in [-0.2, -0.15) is 0 Å². The normalized spacial score (nSPS) is 15.2. The summed E-state index contributed by atoms with van der Waals surface area (Å²) in [5, 5.41) is 0.520. The number of amides is 1. The third-order valence-corrected chi connectivity index (χ3v) is 5.99. The summed E-state index contributed by atoms with van der Waals surface area (Å²) in [4.78, 5) is 33.2. The number of hydrogen-bond acceptors (Lipinski definition) is 5. The second-order valence-electron chi connectivity index (χ2n) is 8.33. The highest BCUT2D eigenvalue weighted by atomic mass is 16.5. The number of pyridine rings is 1. The van der Waals surface area contributed by atoms with Gasteiger partial charge < -0.3 is 14.1 Å². The maximum absolute atomic E-state index is 13.8. The summed E-state index contributed by atoms with van der Waals surface area (Å²) in [6.45, 7) is 6.64. The zero-order chi connectivity index (χ0) is 23.1. The Bertz CT molecular complexity index is 1410. The molecule has 0 radical (unpaired) electrons. The van der Waals surface area contributed by atoms with E-state index < -0.39 is 6.04 Å². The first-order chi connectivity index (χ1) is 16.0. The summed E-state index contributed by atoms with van der Waals surface area (Å²) >= 11 is 0. The monoisotopic (exact) mass is 440 g/mol. The van der Waals surface area contributed by atoms with Crippen molar-refractivity contribution in [2.24, 2.45) is 0 Å². The molecular formula is C27H24N2O4. The van der Waals surface area contributed by atoms with E-state index >= 15 is 0 Å². The second-order valence-corrected chi connectivity index (χ2v) is 8.33. The minimum absolute atomic E-state index is 0.111. The summed E-state index contributed by atoms with van der Waals surface area (Å²) in [6, 6.07) is 14.5. The Morgan fingerprint density at radius 1 is 1.09 bits per heavy atom. The molecule has 0 N–H and O–H groups in total. The average molecular weight is 440 g/mol. The van der Waals surface area contributed by atoms with Crippen LogP contribution in [0.25, 0.3) is 11.0 Å². The number of rotatable bonds is 5. The van der Waals surface area contributed by atoms with Crippen molar-refractivity contribution < 1.29 is 13.9 Å². The summed E-state index contributed by atoms with van der Waals surface area (Å²) in [5.74, 6) is 0.549. The summed E-state index contributed by atoms with van der Waals surface area (Å²) in [5.41, 5.74) is 4.17. The molecule has 0 saturated carbocycles. The average Bonchev–Trinajstić information content (AvgIpc) is 3.07. The van der Waals surface area contributed by atoms with Gasteiger partial charge in [0, 0.05) is 18.9 Å². The van der Waals surface area contributed by atoms with E-state index in [2.05, 4.69) is 4.98 Å². The molecular weight excluding hydrogens is 416 g/mol. The Balaban J connectivity index is 1.72. The van der Waals surface area contributed by atoms with Gasteiger partial charge in [0.1, 0.15) is 11.3 Å². The van der Waals surface area contributed by atoms with E-state index in [4.69, 9.17) is 9.15 Å². The molecule has 0 aliphatic carbocycles. The van der Waals surface area contributed by atoms with E-state index in [1.54, 1.807) is 17.3 Å². The van der Waals surface area contributed by atoms with Crippen LogP contribution in [-0.2, 0) is 6.54 Å². The Hall–Kier alpha value is -3.93. The van der Waals surface area contributed by atoms with E-state index in [0.717, 1.165) is 28.0 Å². The van der Waals surface area contributed by atoms with Crippen molar-refractivity contribution in [1.82, 2.24) is 9.88 Å². The van der Waals surface area contributed by atoms with Crippen molar-refractivity contribution in [1.29, 1.82) is 0 Å². The topological polar surface area (TPSA) is 72.6 Å². The van der Waals surface area contributed by atoms with Crippen LogP contribution in [0, 0.1) is 13.8 Å². The number of benzene rings is 2. The van der Waals surface area contributed by atoms with Crippen LogP contribution in [-0.4, -0.2) is 22.4 Å². The van der Waals surface area contributed by atoms with Gasteiger partial charge in [0.05, 0.1) is 23.6 Å². The van der Waals surface area contributed by atoms with Crippen LogP contribution in [0.5, 0.6) is 5.75 Å². The number of carbonyl (C=O) groups excluding carboxylic acids is 1. The Morgan fingerprint density at radius 3 is 2.58 bits per heavy atom. The van der Waals surface area contributed by atoms with Gasteiger partial charge in [-0.05, 0) is 67.3 Å². The highest BCUT2D eigenvalue weighted by Gasteiger charge is 2.42. The molecule has 0 fully saturated rings. The van der Waals surface area contributed by atoms with E-state index in [1.807, 2.05) is 69.3 Å². The number of carbonyl (C=O) groups is 1. The van der Waals surface area contributed by atoms with Gasteiger partial charge in [0.2, 0.25) is 5.76 Å². The van der Waals surface area contributed by atoms with Gasteiger partial charge in [-0.25, -0.2) is 0 Å². The first-order valence-corrected chi connectivity index (χ1v) is 11.0. The standard InChI is InChI=1S/C27H24N2O4/c1-4-32-20-9-7-19(8-10-20)24-23-25(30)22-17(3)12-16(2)13-21(22)33-26(23)27(31)29(24)15-18-6-5-11-28-14-18/h5-14,24H,4,15H2,1-3H3. The SMILES string of the molecule is CCOc1ccc(C2c3c(oc4cc(C)cc(C)c4c3=O)C(=O)N2Cc2cccnc2)cc1. The first-order valence-electron chi connectivity index (χ1n) is 11.0. The number of ether oxygens (including phenoxy) is 1. The number of aryl methyl sites for hydroxylation is 2. The highest BCUT2D eigenvalue weighted by Crippen LogP contribution is 2.40. The lowest BCUT2D eigenvalue weighted by molar-refractivity contribution is 0.0714. The zero-order valence-electron chi connectivity index (χ0n) is 18.8. The predicted octanol–water partition coefficient (Wildman–Crippen LogP) is 4.95. The van der Waals surface area contributed by atoms with Crippen LogP contribution in [0.3, 0.4) is 0 Å². The van der Waals surface area contributed by atoms with Crippen molar-refractivity contribution in [3.8, 4) is 5.75 Å². The molecule has 0 bridgehead atoms. The lowest BCUT2D eigenvalue weighted by Crippen LogP contribution is -2.29. The van der Waals surface area contributed by atoms with E-state index in [1.165, 1.54) is 0 Å². The molecule has 166 valence electrons. The van der Waals surface area contributed by atoms with Gasteiger partial charge in [0.25, 0.3) is 5.91 Å². The Morgan fingerprint density at radius 2 is 1.88 bits per heavy atom. The van der Waals surface area contributed by atoms with E-state index in [-0.39, 0.29) is 17.1 Å². The molecule has 1 aliphatic heterocycles. The molecule has 1 aliphatic rings. The van der Waals surface area contributed by atoms with Crippen LogP contribution in [0.2, 0.25) is 0 Å². The van der Waals surface area contributed by atoms with Gasteiger partial charge in [-0.15, -0.1) is 0 Å². The predicted molar refractivity (Wildman–Crippen MR) is 126 cm³/mol. The first kappa shape index (κ1) is 20.9. The third kappa shape index (κ3) is 3.57. The second kappa shape index (κ2) is 8.20. The fourth-order valence-corrected chi connectivity index (χ4v) is 4.62. The maximum atomic E-state index is 13.8. The van der Waals surface area contributed by atoms with Crippen LogP contribution in [0.4, 0.5) is 0 Å². The fourth-order valence-electron chi connectivity index (χ4n) is 4.62. The maximum Gasteiger partial charge on any atom is 0.291 e. The van der Waals surface area contributed by atoms with Crippen LogP contribution in [0.1, 0.15) is 51.3 Å². The third-order valence-electron chi connectivity index (χ3n) is 5.99. The number of nitrogens with zero attached hydrogens (tertiary/aromatic N) is 2. The molecule has 6 heteroatoms. The summed E-state index contributed by atoms with van der Waals surface area (Å²) < 4.78 is 11.7. The molecule has 2 aromatic heterocycles. The number of fused-ring (bicyclic) bond motifs is 2. The van der Waals surface area contributed by atoms with Gasteiger partial charge >= 0.3 is 0 Å². The molecule has 1 amide bonds. The largest absolute Gasteiger partial charge is 0.494 e. The molecule has 2 aromatic carbocycles. The molecule has 0 spiro atoms. The van der Waals surface area contributed by atoms with Gasteiger partial charge in [0.15, 0.2) is 5.43 Å². The van der Waals surface area contributed by atoms with Crippen molar-refractivity contribution in [3.63, 3.8) is 0 Å². The van der Waals surface area contributed by atoms with E-state index in [0.29, 0.717) is 29.7 Å². The Labute approximate surface area is 191 Å². The smallest absolute Gasteiger partial charge is 0.291 e. The molecule has 4 aromatic rings. The Kier molecular flexibility index (Phi) is 5.21.